The van der Waals surface area contributed by atoms with E-state index < -0.39 is 0 Å². The van der Waals surface area contributed by atoms with E-state index in [2.05, 4.69) is 5.43 Å². The summed E-state index contributed by atoms with van der Waals surface area (Å²) in [6, 6.07) is 0. The number of nitrogens with zero attached hydrogens (tertiary/aromatic N) is 1. The SMILES string of the molecule is O=C1CCN(CO)N1. The van der Waals surface area contributed by atoms with Crippen molar-refractivity contribution in [1.82, 2.24) is 10.4 Å². The number of aliphatic hydroxyl groups excluding tert-OH is 1. The van der Waals surface area contributed by atoms with Gasteiger partial charge in [0.2, 0.25) is 5.91 Å². The van der Waals surface area contributed by atoms with Crippen LogP contribution in [0.3, 0.4) is 0 Å². The van der Waals surface area contributed by atoms with Crippen LogP contribution in [0.1, 0.15) is 6.42 Å². The van der Waals surface area contributed by atoms with Gasteiger partial charge in [0, 0.05) is 13.0 Å². The highest BCUT2D eigenvalue weighted by Crippen LogP contribution is 1.94. The third-order valence-corrected chi connectivity index (χ3v) is 1.06. The van der Waals surface area contributed by atoms with Gasteiger partial charge in [0.05, 0.1) is 0 Å². The van der Waals surface area contributed by atoms with Gasteiger partial charge in [0.15, 0.2) is 0 Å². The number of carbonyl (C=O) groups excluding carboxylic acids is 1. The van der Waals surface area contributed by atoms with Gasteiger partial charge in [-0.25, -0.2) is 0 Å². The van der Waals surface area contributed by atoms with Crippen molar-refractivity contribution in [2.75, 3.05) is 13.3 Å². The van der Waals surface area contributed by atoms with Crippen molar-refractivity contribution in [1.29, 1.82) is 0 Å². The second kappa shape index (κ2) is 2.11. The molecule has 0 aromatic heterocycles. The molecule has 1 aliphatic heterocycles. The average molecular weight is 116 g/mol. The summed E-state index contributed by atoms with van der Waals surface area (Å²) in [5.74, 6) is -0.0148. The lowest BCUT2D eigenvalue weighted by atomic mass is 10.4. The first-order valence-electron chi connectivity index (χ1n) is 2.48. The fourth-order valence-corrected chi connectivity index (χ4v) is 0.631. The molecule has 4 heteroatoms. The molecule has 1 rings (SSSR count). The van der Waals surface area contributed by atoms with Crippen LogP contribution >= 0.6 is 0 Å². The highest BCUT2D eigenvalue weighted by atomic mass is 16.3. The van der Waals surface area contributed by atoms with Gasteiger partial charge in [-0.3, -0.25) is 10.2 Å². The van der Waals surface area contributed by atoms with Crippen LogP contribution in [0.15, 0.2) is 0 Å². The number of hydrazine groups is 1. The summed E-state index contributed by atoms with van der Waals surface area (Å²) < 4.78 is 0. The fraction of sp³-hybridized carbons (Fsp3) is 0.750. The van der Waals surface area contributed by atoms with Gasteiger partial charge < -0.3 is 5.11 Å². The van der Waals surface area contributed by atoms with Crippen LogP contribution in [0.25, 0.3) is 0 Å². The fourth-order valence-electron chi connectivity index (χ4n) is 0.631. The Balaban J connectivity index is 2.32. The second-order valence-corrected chi connectivity index (χ2v) is 1.69. The molecule has 0 bridgehead atoms. The van der Waals surface area contributed by atoms with Crippen LogP contribution in [0.2, 0.25) is 0 Å². The summed E-state index contributed by atoms with van der Waals surface area (Å²) in [5, 5.41) is 9.86. The third kappa shape index (κ3) is 0.962. The van der Waals surface area contributed by atoms with Crippen molar-refractivity contribution in [3.05, 3.63) is 0 Å². The number of hydrogen-bond acceptors (Lipinski definition) is 3. The molecule has 0 aromatic carbocycles. The molecule has 0 unspecified atom stereocenters. The maximum Gasteiger partial charge on any atom is 0.235 e. The van der Waals surface area contributed by atoms with Crippen LogP contribution in [0.4, 0.5) is 0 Å². The Bertz CT molecular complexity index is 104. The maximum absolute atomic E-state index is 10.3. The van der Waals surface area contributed by atoms with Crippen molar-refractivity contribution in [3.8, 4) is 0 Å². The molecule has 1 heterocycles. The van der Waals surface area contributed by atoms with Crippen LogP contribution < -0.4 is 5.43 Å². The Labute approximate surface area is 47.1 Å². The molecule has 0 spiro atoms. The van der Waals surface area contributed by atoms with Crippen molar-refractivity contribution in [3.63, 3.8) is 0 Å². The van der Waals surface area contributed by atoms with Gasteiger partial charge in [-0.05, 0) is 0 Å². The molecule has 0 saturated carbocycles. The molecular formula is C4H8N2O2. The minimum absolute atomic E-state index is 0.0148. The van der Waals surface area contributed by atoms with E-state index in [-0.39, 0.29) is 12.6 Å². The molecule has 2 N–H and O–H groups in total. The van der Waals surface area contributed by atoms with Crippen molar-refractivity contribution in [2.24, 2.45) is 0 Å². The summed E-state index contributed by atoms with van der Waals surface area (Å²) >= 11 is 0. The smallest absolute Gasteiger partial charge is 0.235 e. The van der Waals surface area contributed by atoms with E-state index >= 15 is 0 Å². The average Bonchev–Trinajstić information content (AvgIpc) is 2.14. The monoisotopic (exact) mass is 116 g/mol. The van der Waals surface area contributed by atoms with E-state index in [1.165, 1.54) is 5.01 Å². The summed E-state index contributed by atoms with van der Waals surface area (Å²) in [4.78, 5) is 10.3. The molecule has 0 radical (unpaired) electrons. The maximum atomic E-state index is 10.3. The number of rotatable bonds is 1. The van der Waals surface area contributed by atoms with E-state index in [0.717, 1.165) is 0 Å². The lowest BCUT2D eigenvalue weighted by molar-refractivity contribution is -0.121. The lowest BCUT2D eigenvalue weighted by Crippen LogP contribution is -2.33. The van der Waals surface area contributed by atoms with Crippen LogP contribution in [0.5, 0.6) is 0 Å². The molecule has 0 aromatic rings. The number of carbonyl (C=O) groups is 1. The molecule has 4 nitrogen and oxygen atoms in total. The Hall–Kier alpha value is -0.610. The van der Waals surface area contributed by atoms with E-state index in [1.807, 2.05) is 0 Å². The van der Waals surface area contributed by atoms with E-state index in [0.29, 0.717) is 13.0 Å². The molecule has 1 fully saturated rings. The lowest BCUT2D eigenvalue weighted by Gasteiger charge is -2.08. The van der Waals surface area contributed by atoms with Gasteiger partial charge >= 0.3 is 0 Å². The molecule has 1 amide bonds. The molecule has 1 aliphatic rings. The number of aliphatic hydroxyl groups is 1. The van der Waals surface area contributed by atoms with Gasteiger partial charge in [-0.15, -0.1) is 0 Å². The normalized spacial score (nSPS) is 21.4. The quantitative estimate of drug-likeness (QED) is 0.446. The number of amides is 1. The Kier molecular flexibility index (Phi) is 1.45. The molecule has 0 aliphatic carbocycles. The largest absolute Gasteiger partial charge is 0.379 e. The van der Waals surface area contributed by atoms with E-state index in [4.69, 9.17) is 5.11 Å². The predicted molar refractivity (Wildman–Crippen MR) is 26.6 cm³/mol. The van der Waals surface area contributed by atoms with E-state index in [1.54, 1.807) is 0 Å². The van der Waals surface area contributed by atoms with Crippen molar-refractivity contribution < 1.29 is 9.90 Å². The molecule has 0 atom stereocenters. The van der Waals surface area contributed by atoms with Gasteiger partial charge in [-0.1, -0.05) is 0 Å². The zero-order valence-electron chi connectivity index (χ0n) is 4.42. The van der Waals surface area contributed by atoms with Gasteiger partial charge in [-0.2, -0.15) is 5.01 Å². The zero-order valence-corrected chi connectivity index (χ0v) is 4.42. The van der Waals surface area contributed by atoms with E-state index in [9.17, 15) is 4.79 Å². The Morgan fingerprint density at radius 1 is 1.88 bits per heavy atom. The predicted octanol–water partition coefficient (Wildman–Crippen LogP) is -1.33. The minimum Gasteiger partial charge on any atom is -0.379 e. The highest BCUT2D eigenvalue weighted by molar-refractivity contribution is 5.77. The number of nitrogens with one attached hydrogen (secondary N) is 1. The first kappa shape index (κ1) is 5.53. The van der Waals surface area contributed by atoms with Crippen molar-refractivity contribution >= 4 is 5.91 Å². The minimum atomic E-state index is -0.0915. The Morgan fingerprint density at radius 2 is 2.62 bits per heavy atom. The van der Waals surface area contributed by atoms with Crippen LogP contribution in [-0.4, -0.2) is 29.3 Å². The Morgan fingerprint density at radius 3 is 2.88 bits per heavy atom. The van der Waals surface area contributed by atoms with Crippen molar-refractivity contribution in [2.45, 2.75) is 6.42 Å². The summed E-state index contributed by atoms with van der Waals surface area (Å²) in [7, 11) is 0. The first-order chi connectivity index (χ1) is 3.83. The third-order valence-electron chi connectivity index (χ3n) is 1.06. The van der Waals surface area contributed by atoms with Gasteiger partial charge in [0.25, 0.3) is 0 Å². The highest BCUT2D eigenvalue weighted by Gasteiger charge is 2.15. The first-order valence-corrected chi connectivity index (χ1v) is 2.48. The topological polar surface area (TPSA) is 52.6 Å². The summed E-state index contributed by atoms with van der Waals surface area (Å²) in [6.45, 7) is 0.529. The molecule has 1 saturated heterocycles. The van der Waals surface area contributed by atoms with Gasteiger partial charge in [0.1, 0.15) is 6.73 Å². The standard InChI is InChI=1S/C4H8N2O2/c7-3-6-2-1-4(8)5-6/h7H,1-3H2,(H,5,8). The molecule has 8 heavy (non-hydrogen) atoms. The second-order valence-electron chi connectivity index (χ2n) is 1.69. The van der Waals surface area contributed by atoms with Crippen LogP contribution in [-0.2, 0) is 4.79 Å². The molecule has 46 valence electrons. The summed E-state index contributed by atoms with van der Waals surface area (Å²) in [5.41, 5.74) is 2.45. The molecular weight excluding hydrogens is 108 g/mol. The summed E-state index contributed by atoms with van der Waals surface area (Å²) in [6.07, 6.45) is 0.501. The number of hydrogen-bond donors (Lipinski definition) is 2. The zero-order chi connectivity index (χ0) is 5.98. The van der Waals surface area contributed by atoms with Crippen LogP contribution in [0, 0.1) is 0 Å².